The minimum Gasteiger partial charge on any atom is -0.462 e. The Morgan fingerprint density at radius 3 is 2.53 bits per heavy atom. The Bertz CT molecular complexity index is 923. The summed E-state index contributed by atoms with van der Waals surface area (Å²) >= 11 is 0. The number of methoxy groups -OCH3 is 2. The highest BCUT2D eigenvalue weighted by Gasteiger charge is 2.57. The fourth-order valence-electron chi connectivity index (χ4n) is 4.60. The minimum atomic E-state index is -0.821. The minimum absolute atomic E-state index is 0.123. The molecule has 2 saturated heterocycles. The van der Waals surface area contributed by atoms with Gasteiger partial charge in [-0.2, -0.15) is 0 Å². The first-order valence-corrected chi connectivity index (χ1v) is 10.9. The van der Waals surface area contributed by atoms with Gasteiger partial charge in [-0.25, -0.2) is 4.79 Å². The SMILES string of the molecule is COCCN1C(=O)N(Cc2cccnc2)C(=O)C12CCN(Cc1ccc(COC)o1)CC2. The smallest absolute Gasteiger partial charge is 0.328 e. The number of imide groups is 1. The number of hydrogen-bond acceptors (Lipinski definition) is 7. The quantitative estimate of drug-likeness (QED) is 0.551. The van der Waals surface area contributed by atoms with Crippen molar-refractivity contribution in [3.63, 3.8) is 0 Å². The van der Waals surface area contributed by atoms with Gasteiger partial charge in [0.05, 0.1) is 19.7 Å². The lowest BCUT2D eigenvalue weighted by atomic mass is 9.85. The van der Waals surface area contributed by atoms with Crippen LogP contribution in [-0.2, 0) is 34.0 Å². The molecule has 9 nitrogen and oxygen atoms in total. The largest absolute Gasteiger partial charge is 0.462 e. The summed E-state index contributed by atoms with van der Waals surface area (Å²) in [6, 6.07) is 7.32. The number of furan rings is 1. The van der Waals surface area contributed by atoms with Gasteiger partial charge < -0.3 is 18.8 Å². The van der Waals surface area contributed by atoms with Crippen LogP contribution in [0.4, 0.5) is 4.79 Å². The van der Waals surface area contributed by atoms with Crippen LogP contribution in [0.1, 0.15) is 29.9 Å². The average molecular weight is 443 g/mol. The van der Waals surface area contributed by atoms with E-state index in [1.807, 2.05) is 24.3 Å². The highest BCUT2D eigenvalue weighted by molar-refractivity contribution is 6.07. The van der Waals surface area contributed by atoms with Crippen molar-refractivity contribution < 1.29 is 23.5 Å². The summed E-state index contributed by atoms with van der Waals surface area (Å²) in [4.78, 5) is 36.3. The number of ether oxygens (including phenoxy) is 2. The molecule has 0 N–H and O–H groups in total. The number of nitrogens with zero attached hydrogens (tertiary/aromatic N) is 4. The second-order valence-corrected chi connectivity index (χ2v) is 8.29. The van der Waals surface area contributed by atoms with Crippen molar-refractivity contribution in [2.24, 2.45) is 0 Å². The fourth-order valence-corrected chi connectivity index (χ4v) is 4.60. The zero-order chi connectivity index (χ0) is 22.6. The summed E-state index contributed by atoms with van der Waals surface area (Å²) in [6.45, 7) is 3.52. The summed E-state index contributed by atoms with van der Waals surface area (Å²) in [6.07, 6.45) is 4.53. The van der Waals surface area contributed by atoms with Crippen molar-refractivity contribution >= 4 is 11.9 Å². The number of amides is 3. The summed E-state index contributed by atoms with van der Waals surface area (Å²) in [7, 11) is 3.24. The predicted molar refractivity (Wildman–Crippen MR) is 115 cm³/mol. The molecule has 0 radical (unpaired) electrons. The van der Waals surface area contributed by atoms with Crippen LogP contribution in [-0.4, -0.2) is 77.6 Å². The predicted octanol–water partition coefficient (Wildman–Crippen LogP) is 2.27. The first-order valence-electron chi connectivity index (χ1n) is 10.9. The van der Waals surface area contributed by atoms with E-state index in [0.717, 1.165) is 17.1 Å². The average Bonchev–Trinajstić information content (AvgIpc) is 3.32. The van der Waals surface area contributed by atoms with Crippen molar-refractivity contribution in [1.82, 2.24) is 19.7 Å². The van der Waals surface area contributed by atoms with Crippen LogP contribution in [0.5, 0.6) is 0 Å². The number of pyridine rings is 1. The lowest BCUT2D eigenvalue weighted by molar-refractivity contribution is -0.136. The molecule has 0 aromatic carbocycles. The Morgan fingerprint density at radius 1 is 1.06 bits per heavy atom. The van der Waals surface area contributed by atoms with Crippen LogP contribution in [0.2, 0.25) is 0 Å². The number of urea groups is 1. The van der Waals surface area contributed by atoms with E-state index < -0.39 is 5.54 Å². The molecule has 0 saturated carbocycles. The van der Waals surface area contributed by atoms with E-state index in [4.69, 9.17) is 13.9 Å². The zero-order valence-corrected chi connectivity index (χ0v) is 18.7. The van der Waals surface area contributed by atoms with E-state index in [1.165, 1.54) is 4.90 Å². The second-order valence-electron chi connectivity index (χ2n) is 8.29. The van der Waals surface area contributed by atoms with Gasteiger partial charge in [-0.15, -0.1) is 0 Å². The molecule has 0 unspecified atom stereocenters. The van der Waals surface area contributed by atoms with Crippen LogP contribution in [0, 0.1) is 0 Å². The molecule has 3 amide bonds. The standard InChI is InChI=1S/C23H30N4O5/c1-30-13-12-27-22(29)26(15-18-4-3-9-24-14-18)21(28)23(27)7-10-25(11-8-23)16-19-5-6-20(32-19)17-31-2/h3-6,9,14H,7-8,10-13,15-17H2,1-2H3. The Kier molecular flexibility index (Phi) is 6.88. The highest BCUT2D eigenvalue weighted by atomic mass is 16.5. The highest BCUT2D eigenvalue weighted by Crippen LogP contribution is 2.38. The van der Waals surface area contributed by atoms with Gasteiger partial charge in [0.2, 0.25) is 0 Å². The molecule has 0 aliphatic carbocycles. The number of piperidine rings is 1. The van der Waals surface area contributed by atoms with E-state index in [-0.39, 0.29) is 18.5 Å². The molecule has 2 aromatic heterocycles. The van der Waals surface area contributed by atoms with Crippen LogP contribution >= 0.6 is 0 Å². The third kappa shape index (κ3) is 4.41. The summed E-state index contributed by atoms with van der Waals surface area (Å²) in [5.41, 5.74) is 0.0127. The number of aromatic nitrogens is 1. The molecule has 0 bridgehead atoms. The van der Waals surface area contributed by atoms with Crippen molar-refractivity contribution in [1.29, 1.82) is 0 Å². The van der Waals surface area contributed by atoms with Gasteiger partial charge in [0, 0.05) is 46.2 Å². The molecule has 2 aliphatic rings. The summed E-state index contributed by atoms with van der Waals surface area (Å²) in [5, 5.41) is 0. The van der Waals surface area contributed by atoms with Gasteiger partial charge in [0.15, 0.2) is 0 Å². The van der Waals surface area contributed by atoms with E-state index >= 15 is 0 Å². The normalized spacial score (nSPS) is 18.8. The van der Waals surface area contributed by atoms with Gasteiger partial charge in [0.25, 0.3) is 5.91 Å². The first kappa shape index (κ1) is 22.4. The third-order valence-electron chi connectivity index (χ3n) is 6.27. The van der Waals surface area contributed by atoms with Gasteiger partial charge >= 0.3 is 6.03 Å². The maximum Gasteiger partial charge on any atom is 0.328 e. The molecule has 172 valence electrons. The van der Waals surface area contributed by atoms with Crippen molar-refractivity contribution in [2.75, 3.05) is 40.5 Å². The topological polar surface area (TPSA) is 88.4 Å². The molecule has 9 heteroatoms. The maximum absolute atomic E-state index is 13.6. The molecule has 4 heterocycles. The molecule has 4 rings (SSSR count). The van der Waals surface area contributed by atoms with Crippen LogP contribution in [0.3, 0.4) is 0 Å². The van der Waals surface area contributed by atoms with Gasteiger partial charge in [-0.1, -0.05) is 6.07 Å². The third-order valence-corrected chi connectivity index (χ3v) is 6.27. The molecule has 2 aromatic rings. The Labute approximate surface area is 187 Å². The van der Waals surface area contributed by atoms with Crippen LogP contribution in [0.15, 0.2) is 41.1 Å². The number of carbonyl (C=O) groups is 2. The number of hydrogen-bond donors (Lipinski definition) is 0. The number of rotatable bonds is 9. The molecule has 1 spiro atoms. The molecule has 0 atom stereocenters. The maximum atomic E-state index is 13.6. The van der Waals surface area contributed by atoms with E-state index in [9.17, 15) is 9.59 Å². The molecule has 2 aliphatic heterocycles. The van der Waals surface area contributed by atoms with Crippen LogP contribution < -0.4 is 0 Å². The lowest BCUT2D eigenvalue weighted by Crippen LogP contribution is -2.57. The van der Waals surface area contributed by atoms with Crippen molar-refractivity contribution in [3.8, 4) is 0 Å². The van der Waals surface area contributed by atoms with E-state index in [0.29, 0.717) is 52.2 Å². The van der Waals surface area contributed by atoms with E-state index in [2.05, 4.69) is 9.88 Å². The lowest BCUT2D eigenvalue weighted by Gasteiger charge is -2.42. The second kappa shape index (κ2) is 9.81. The first-order chi connectivity index (χ1) is 15.6. The molecule has 32 heavy (non-hydrogen) atoms. The number of likely N-dealkylation sites (tertiary alicyclic amines) is 1. The number of carbonyl (C=O) groups excluding carboxylic acids is 2. The Balaban J connectivity index is 1.47. The molecular weight excluding hydrogens is 412 g/mol. The molecule has 2 fully saturated rings. The molecular formula is C23H30N4O5. The summed E-state index contributed by atoms with van der Waals surface area (Å²) < 4.78 is 16.2. The fraction of sp³-hybridized carbons (Fsp3) is 0.522. The van der Waals surface area contributed by atoms with Crippen molar-refractivity contribution in [3.05, 3.63) is 53.7 Å². The van der Waals surface area contributed by atoms with Crippen LogP contribution in [0.25, 0.3) is 0 Å². The Hall–Kier alpha value is -2.75. The van der Waals surface area contributed by atoms with Crippen molar-refractivity contribution in [2.45, 2.75) is 38.1 Å². The Morgan fingerprint density at radius 2 is 1.84 bits per heavy atom. The summed E-state index contributed by atoms with van der Waals surface area (Å²) in [5.74, 6) is 1.54. The van der Waals surface area contributed by atoms with Gasteiger partial charge in [-0.3, -0.25) is 19.6 Å². The van der Waals surface area contributed by atoms with Gasteiger partial charge in [-0.05, 0) is 36.6 Å². The zero-order valence-electron chi connectivity index (χ0n) is 18.7. The monoisotopic (exact) mass is 442 g/mol. The van der Waals surface area contributed by atoms with Gasteiger partial charge in [0.1, 0.15) is 23.7 Å². The van der Waals surface area contributed by atoms with E-state index in [1.54, 1.807) is 31.5 Å².